The second-order valence-corrected chi connectivity index (χ2v) is 15.6. The fraction of sp³-hybridized carbons (Fsp3) is 0.282. The summed E-state index contributed by atoms with van der Waals surface area (Å²) in [7, 11) is 1.69. The van der Waals surface area contributed by atoms with Gasteiger partial charge in [-0.2, -0.15) is 0 Å². The van der Waals surface area contributed by atoms with Gasteiger partial charge in [0.1, 0.15) is 6.23 Å². The van der Waals surface area contributed by atoms with Crippen LogP contribution in [0.2, 0.25) is 0 Å². The lowest BCUT2D eigenvalue weighted by Crippen LogP contribution is -2.62. The van der Waals surface area contributed by atoms with Gasteiger partial charge in [0.2, 0.25) is 5.91 Å². The standard InChI is InChI=1S/C39H41ClN3O5P/c1-29-25-43(37(45)24-36(29)44)38-27-42(26-35(48-38)28-47-49(40,46)41(3)30(2)31-16-8-4-9-17-31)39(32-18-10-5-11-19-32,33-20-12-6-13-21-33)34-22-14-7-15-23-34/h4-23,25,30,35,38H,24,26-28H2,1-3H3/t30-,35-,38+,49?/m0/s1. The van der Waals surface area contributed by atoms with Crippen molar-refractivity contribution in [3.8, 4) is 0 Å². The van der Waals surface area contributed by atoms with Crippen molar-refractivity contribution in [2.45, 2.75) is 44.2 Å². The molecule has 1 unspecified atom stereocenters. The molecule has 1 saturated heterocycles. The average Bonchev–Trinajstić information content (AvgIpc) is 3.13. The third kappa shape index (κ3) is 7.22. The van der Waals surface area contributed by atoms with Crippen LogP contribution in [-0.2, 0) is 29.0 Å². The molecule has 1 fully saturated rings. The summed E-state index contributed by atoms with van der Waals surface area (Å²) in [5, 5.41) is 0. The summed E-state index contributed by atoms with van der Waals surface area (Å²) >= 11 is 6.69. The lowest BCUT2D eigenvalue weighted by Gasteiger charge is -2.52. The minimum Gasteiger partial charge on any atom is -0.350 e. The number of hydrogen-bond donors (Lipinski definition) is 0. The van der Waals surface area contributed by atoms with Crippen molar-refractivity contribution >= 4 is 29.8 Å². The van der Waals surface area contributed by atoms with Crippen molar-refractivity contribution in [2.75, 3.05) is 26.7 Å². The summed E-state index contributed by atoms with van der Waals surface area (Å²) in [4.78, 5) is 29.7. The molecule has 2 aliphatic rings. The average molecular weight is 698 g/mol. The molecule has 4 atom stereocenters. The Bertz CT molecular complexity index is 1730. The molecule has 0 saturated carbocycles. The van der Waals surface area contributed by atoms with Gasteiger partial charge in [0.15, 0.2) is 5.78 Å². The highest BCUT2D eigenvalue weighted by Crippen LogP contribution is 2.58. The first-order valence-electron chi connectivity index (χ1n) is 16.4. The molecule has 0 bridgehead atoms. The lowest BCUT2D eigenvalue weighted by atomic mass is 9.75. The summed E-state index contributed by atoms with van der Waals surface area (Å²) in [6, 6.07) is 40.2. The number of carbonyl (C=O) groups excluding carboxylic acids is 2. The smallest absolute Gasteiger partial charge is 0.350 e. The van der Waals surface area contributed by atoms with Crippen molar-refractivity contribution in [1.29, 1.82) is 0 Å². The number of hydrogen-bond acceptors (Lipinski definition) is 6. The van der Waals surface area contributed by atoms with Gasteiger partial charge in [0.05, 0.1) is 24.7 Å². The Balaban J connectivity index is 1.41. The second-order valence-electron chi connectivity index (χ2n) is 12.5. The number of ketones is 1. The van der Waals surface area contributed by atoms with Crippen molar-refractivity contribution in [2.24, 2.45) is 0 Å². The first-order valence-corrected chi connectivity index (χ1v) is 18.9. The zero-order chi connectivity index (χ0) is 34.6. The topological polar surface area (TPSA) is 79.4 Å². The van der Waals surface area contributed by atoms with Crippen LogP contribution < -0.4 is 0 Å². The van der Waals surface area contributed by atoms with Crippen LogP contribution in [0.1, 0.15) is 48.6 Å². The van der Waals surface area contributed by atoms with E-state index in [1.54, 1.807) is 24.8 Å². The molecule has 4 aromatic carbocycles. The number of carbonyl (C=O) groups is 2. The van der Waals surface area contributed by atoms with E-state index >= 15 is 0 Å². The minimum atomic E-state index is -3.82. The summed E-state index contributed by atoms with van der Waals surface area (Å²) in [6.45, 7) is 0.377. The SMILES string of the molecule is CC1=CN([C@H]2CN(C(c3ccccc3)(c3ccccc3)c3ccccc3)C[C@@H](COP(=O)(Cl)N(C)[C@@H](C)c3ccccc3)O2)C(=O)CC1=O. The van der Waals surface area contributed by atoms with Crippen molar-refractivity contribution in [3.63, 3.8) is 0 Å². The number of rotatable bonds is 11. The molecule has 49 heavy (non-hydrogen) atoms. The van der Waals surface area contributed by atoms with Crippen LogP contribution in [0, 0.1) is 0 Å². The van der Waals surface area contributed by atoms with Gasteiger partial charge < -0.3 is 9.26 Å². The molecule has 0 aliphatic carbocycles. The summed E-state index contributed by atoms with van der Waals surface area (Å²) in [5.74, 6) is -0.550. The second kappa shape index (κ2) is 14.9. The molecule has 2 aliphatic heterocycles. The number of halogens is 1. The van der Waals surface area contributed by atoms with E-state index in [4.69, 9.17) is 20.5 Å². The van der Waals surface area contributed by atoms with Crippen LogP contribution in [0.25, 0.3) is 0 Å². The van der Waals surface area contributed by atoms with Gasteiger partial charge in [0, 0.05) is 30.9 Å². The molecule has 10 heteroatoms. The highest BCUT2D eigenvalue weighted by Gasteiger charge is 2.48. The molecular formula is C39H41ClN3O5P. The van der Waals surface area contributed by atoms with E-state index in [0.29, 0.717) is 18.7 Å². The maximum Gasteiger partial charge on any atom is 0.363 e. The molecule has 0 spiro atoms. The molecule has 8 nitrogen and oxygen atoms in total. The largest absolute Gasteiger partial charge is 0.363 e. The summed E-state index contributed by atoms with van der Waals surface area (Å²) in [5.41, 5.74) is 3.70. The minimum absolute atomic E-state index is 0.0995. The Morgan fingerprint density at radius 2 is 1.35 bits per heavy atom. The predicted molar refractivity (Wildman–Crippen MR) is 192 cm³/mol. The number of benzene rings is 4. The Kier molecular flexibility index (Phi) is 10.7. The maximum absolute atomic E-state index is 13.9. The van der Waals surface area contributed by atoms with Gasteiger partial charge in [-0.15, -0.1) is 0 Å². The Morgan fingerprint density at radius 3 is 1.86 bits per heavy atom. The normalized spacial score (nSPS) is 20.9. The van der Waals surface area contributed by atoms with Crippen LogP contribution in [0.5, 0.6) is 0 Å². The third-order valence-corrected chi connectivity index (χ3v) is 12.1. The van der Waals surface area contributed by atoms with Crippen LogP contribution in [0.3, 0.4) is 0 Å². The zero-order valence-electron chi connectivity index (χ0n) is 27.9. The molecule has 2 heterocycles. The van der Waals surface area contributed by atoms with E-state index in [9.17, 15) is 14.2 Å². The Labute approximate surface area is 293 Å². The zero-order valence-corrected chi connectivity index (χ0v) is 29.5. The lowest BCUT2D eigenvalue weighted by molar-refractivity contribution is -0.175. The highest BCUT2D eigenvalue weighted by atomic mass is 35.7. The molecular weight excluding hydrogens is 657 g/mol. The van der Waals surface area contributed by atoms with Crippen molar-refractivity contribution < 1.29 is 23.4 Å². The van der Waals surface area contributed by atoms with Crippen LogP contribution in [0.4, 0.5) is 0 Å². The number of Topliss-reactive ketones (excluding diaryl/α,β-unsaturated/α-hetero) is 1. The first kappa shape index (κ1) is 35.0. The number of nitrogens with zero attached hydrogens (tertiary/aromatic N) is 3. The fourth-order valence-electron chi connectivity index (χ4n) is 6.81. The van der Waals surface area contributed by atoms with Gasteiger partial charge in [0.25, 0.3) is 0 Å². The van der Waals surface area contributed by atoms with E-state index < -0.39 is 24.7 Å². The van der Waals surface area contributed by atoms with E-state index in [-0.39, 0.29) is 30.8 Å². The molecule has 1 amide bonds. The molecule has 0 aromatic heterocycles. The van der Waals surface area contributed by atoms with Gasteiger partial charge in [-0.3, -0.25) is 24.0 Å². The first-order chi connectivity index (χ1) is 23.6. The number of amides is 1. The monoisotopic (exact) mass is 697 g/mol. The van der Waals surface area contributed by atoms with Gasteiger partial charge in [-0.1, -0.05) is 121 Å². The molecule has 0 radical (unpaired) electrons. The summed E-state index contributed by atoms with van der Waals surface area (Å²) in [6.07, 6.45) is -0.0779. The van der Waals surface area contributed by atoms with Crippen molar-refractivity contribution in [1.82, 2.24) is 14.5 Å². The number of allylic oxidation sites excluding steroid dienone is 1. The van der Waals surface area contributed by atoms with Crippen LogP contribution in [0.15, 0.2) is 133 Å². The molecule has 0 N–H and O–H groups in total. The van der Waals surface area contributed by atoms with Crippen LogP contribution >= 0.6 is 18.1 Å². The molecule has 4 aromatic rings. The molecule has 6 rings (SSSR count). The number of morpholine rings is 1. The summed E-state index contributed by atoms with van der Waals surface area (Å²) < 4.78 is 28.2. The predicted octanol–water partition coefficient (Wildman–Crippen LogP) is 7.77. The maximum atomic E-state index is 13.9. The van der Waals surface area contributed by atoms with E-state index in [0.717, 1.165) is 22.3 Å². The van der Waals surface area contributed by atoms with Crippen molar-refractivity contribution in [3.05, 3.63) is 155 Å². The van der Waals surface area contributed by atoms with Gasteiger partial charge in [-0.05, 0) is 54.4 Å². The van der Waals surface area contributed by atoms with Gasteiger partial charge >= 0.3 is 6.87 Å². The Morgan fingerprint density at radius 1 is 0.857 bits per heavy atom. The highest BCUT2D eigenvalue weighted by molar-refractivity contribution is 7.83. The fourth-order valence-corrected chi connectivity index (χ4v) is 8.45. The quantitative estimate of drug-likeness (QED) is 0.0901. The van der Waals surface area contributed by atoms with E-state index in [1.807, 2.05) is 91.9 Å². The van der Waals surface area contributed by atoms with E-state index in [2.05, 4.69) is 41.3 Å². The third-order valence-electron chi connectivity index (χ3n) is 9.52. The van der Waals surface area contributed by atoms with Crippen LogP contribution in [-0.4, -0.2) is 65.2 Å². The molecule has 254 valence electrons. The van der Waals surface area contributed by atoms with Gasteiger partial charge in [-0.25, -0.2) is 4.67 Å². The Hall–Kier alpha value is -3.88. The number of ether oxygens (including phenoxy) is 1. The van der Waals surface area contributed by atoms with E-state index in [1.165, 1.54) is 4.90 Å².